The van der Waals surface area contributed by atoms with Gasteiger partial charge in [0.1, 0.15) is 0 Å². The Morgan fingerprint density at radius 1 is 1.10 bits per heavy atom. The molecule has 0 aliphatic rings. The van der Waals surface area contributed by atoms with Crippen molar-refractivity contribution in [2.24, 2.45) is 0 Å². The van der Waals surface area contributed by atoms with E-state index in [-0.39, 0.29) is 11.2 Å². The zero-order valence-corrected chi connectivity index (χ0v) is 14.4. The minimum atomic E-state index is -3.12. The summed E-state index contributed by atoms with van der Waals surface area (Å²) in [5.74, 6) is 0.610. The highest BCUT2D eigenvalue weighted by Gasteiger charge is 2.35. The Morgan fingerprint density at radius 2 is 1.65 bits per heavy atom. The van der Waals surface area contributed by atoms with E-state index >= 15 is 0 Å². The fourth-order valence-corrected chi connectivity index (χ4v) is 3.94. The molecule has 0 bridgehead atoms. The Bertz CT molecular complexity index is 511. The zero-order valence-electron chi connectivity index (χ0n) is 12.8. The largest absolute Gasteiger partial charge is 0.228 e. The van der Waals surface area contributed by atoms with E-state index in [4.69, 9.17) is 11.6 Å². The summed E-state index contributed by atoms with van der Waals surface area (Å²) in [4.78, 5) is 0. The lowest BCUT2D eigenvalue weighted by Gasteiger charge is -2.32. The maximum absolute atomic E-state index is 12.3. The van der Waals surface area contributed by atoms with Gasteiger partial charge in [0, 0.05) is 11.3 Å². The lowest BCUT2D eigenvalue weighted by Crippen LogP contribution is -2.36. The SMILES string of the molecule is CCC(CCl)(CCS(=O)(=O)C(C)(C)C)c1ccccc1. The average molecular weight is 317 g/mol. The fourth-order valence-electron chi connectivity index (χ4n) is 2.19. The molecule has 0 heterocycles. The van der Waals surface area contributed by atoms with Gasteiger partial charge >= 0.3 is 0 Å². The third-order valence-corrected chi connectivity index (χ3v) is 7.22. The van der Waals surface area contributed by atoms with E-state index in [1.807, 2.05) is 30.3 Å². The Kier molecular flexibility index (Phi) is 5.68. The number of alkyl halides is 1. The molecule has 1 atom stereocenters. The third-order valence-electron chi connectivity index (χ3n) is 4.10. The fraction of sp³-hybridized carbons (Fsp3) is 0.625. The molecule has 0 aliphatic carbocycles. The van der Waals surface area contributed by atoms with Gasteiger partial charge in [-0.05, 0) is 39.2 Å². The van der Waals surface area contributed by atoms with Crippen molar-refractivity contribution in [2.45, 2.75) is 50.7 Å². The molecule has 0 N–H and O–H groups in total. The molecule has 2 nitrogen and oxygen atoms in total. The minimum Gasteiger partial charge on any atom is -0.228 e. The zero-order chi connectivity index (χ0) is 15.4. The summed E-state index contributed by atoms with van der Waals surface area (Å²) >= 11 is 6.21. The van der Waals surface area contributed by atoms with Crippen LogP contribution in [0.1, 0.15) is 46.1 Å². The first-order valence-electron chi connectivity index (χ1n) is 7.02. The van der Waals surface area contributed by atoms with Crippen molar-refractivity contribution in [3.05, 3.63) is 35.9 Å². The number of hydrogen-bond donors (Lipinski definition) is 0. The molecule has 0 radical (unpaired) electrons. The van der Waals surface area contributed by atoms with Crippen LogP contribution in [0.4, 0.5) is 0 Å². The second-order valence-electron chi connectivity index (χ2n) is 6.31. The standard InChI is InChI=1S/C16H25ClO2S/c1-5-16(13-17,14-9-7-6-8-10-14)11-12-20(18,19)15(2,3)4/h6-10H,5,11-13H2,1-4H3. The van der Waals surface area contributed by atoms with Crippen LogP contribution in [-0.2, 0) is 15.3 Å². The predicted octanol–water partition coefficient (Wildman–Crippen LogP) is 4.18. The Labute approximate surface area is 128 Å². The summed E-state index contributed by atoms with van der Waals surface area (Å²) in [7, 11) is -3.12. The quantitative estimate of drug-likeness (QED) is 0.738. The van der Waals surface area contributed by atoms with E-state index in [0.29, 0.717) is 12.3 Å². The molecule has 0 fully saturated rings. The van der Waals surface area contributed by atoms with Gasteiger partial charge in [-0.1, -0.05) is 37.3 Å². The van der Waals surface area contributed by atoms with Crippen LogP contribution < -0.4 is 0 Å². The minimum absolute atomic E-state index is 0.173. The monoisotopic (exact) mass is 316 g/mol. The van der Waals surface area contributed by atoms with Crippen molar-refractivity contribution < 1.29 is 8.42 Å². The predicted molar refractivity (Wildman–Crippen MR) is 87.3 cm³/mol. The maximum atomic E-state index is 12.3. The highest BCUT2D eigenvalue weighted by molar-refractivity contribution is 7.92. The smallest absolute Gasteiger partial charge is 0.155 e. The first-order chi connectivity index (χ1) is 9.18. The summed E-state index contributed by atoms with van der Waals surface area (Å²) in [5, 5.41) is 0. The van der Waals surface area contributed by atoms with Gasteiger partial charge in [0.15, 0.2) is 9.84 Å². The van der Waals surface area contributed by atoms with E-state index in [1.165, 1.54) is 0 Å². The van der Waals surface area contributed by atoms with E-state index in [9.17, 15) is 8.42 Å². The second kappa shape index (κ2) is 6.48. The lowest BCUT2D eigenvalue weighted by atomic mass is 9.77. The van der Waals surface area contributed by atoms with Crippen LogP contribution in [0.5, 0.6) is 0 Å². The number of halogens is 1. The van der Waals surface area contributed by atoms with Gasteiger partial charge in [0.25, 0.3) is 0 Å². The summed E-state index contributed by atoms with van der Waals surface area (Å²) in [6.07, 6.45) is 1.40. The molecule has 0 amide bonds. The second-order valence-corrected chi connectivity index (χ2v) is 9.44. The molecule has 0 saturated heterocycles. The third kappa shape index (κ3) is 3.76. The van der Waals surface area contributed by atoms with E-state index in [0.717, 1.165) is 12.0 Å². The summed E-state index contributed by atoms with van der Waals surface area (Å²) in [5.41, 5.74) is 0.864. The number of hydrogen-bond acceptors (Lipinski definition) is 2. The number of benzene rings is 1. The van der Waals surface area contributed by atoms with Gasteiger partial charge in [0.05, 0.1) is 10.5 Å². The van der Waals surface area contributed by atoms with Crippen LogP contribution in [0.2, 0.25) is 0 Å². The summed E-state index contributed by atoms with van der Waals surface area (Å²) in [6.45, 7) is 7.32. The van der Waals surface area contributed by atoms with Gasteiger partial charge in [-0.15, -0.1) is 11.6 Å². The van der Waals surface area contributed by atoms with E-state index in [1.54, 1.807) is 20.8 Å². The molecule has 0 saturated carbocycles. The van der Waals surface area contributed by atoms with Crippen LogP contribution in [0.3, 0.4) is 0 Å². The average Bonchev–Trinajstić information content (AvgIpc) is 2.40. The molecule has 0 aromatic heterocycles. The Morgan fingerprint density at radius 3 is 2.05 bits per heavy atom. The molecule has 1 aromatic carbocycles. The van der Waals surface area contributed by atoms with Gasteiger partial charge in [-0.3, -0.25) is 0 Å². The summed E-state index contributed by atoms with van der Waals surface area (Å²) < 4.78 is 23.9. The Balaban J connectivity index is 3.01. The molecule has 1 aromatic rings. The number of rotatable bonds is 6. The van der Waals surface area contributed by atoms with E-state index < -0.39 is 14.6 Å². The molecule has 20 heavy (non-hydrogen) atoms. The molecule has 1 rings (SSSR count). The molecule has 0 spiro atoms. The van der Waals surface area contributed by atoms with Crippen LogP contribution in [0, 0.1) is 0 Å². The molecular formula is C16H25ClO2S. The normalized spacial score (nSPS) is 15.8. The first-order valence-corrected chi connectivity index (χ1v) is 9.21. The van der Waals surface area contributed by atoms with Crippen molar-refractivity contribution in [3.63, 3.8) is 0 Å². The van der Waals surface area contributed by atoms with Gasteiger partial charge in [-0.25, -0.2) is 8.42 Å². The van der Waals surface area contributed by atoms with E-state index in [2.05, 4.69) is 6.92 Å². The topological polar surface area (TPSA) is 34.1 Å². The van der Waals surface area contributed by atoms with Gasteiger partial charge < -0.3 is 0 Å². The van der Waals surface area contributed by atoms with Crippen molar-refractivity contribution in [3.8, 4) is 0 Å². The van der Waals surface area contributed by atoms with Crippen LogP contribution in [-0.4, -0.2) is 24.8 Å². The number of sulfone groups is 1. The first kappa shape index (κ1) is 17.5. The van der Waals surface area contributed by atoms with Gasteiger partial charge in [-0.2, -0.15) is 0 Å². The van der Waals surface area contributed by atoms with Crippen molar-refractivity contribution >= 4 is 21.4 Å². The van der Waals surface area contributed by atoms with Crippen molar-refractivity contribution in [1.29, 1.82) is 0 Å². The summed E-state index contributed by atoms with van der Waals surface area (Å²) in [6, 6.07) is 9.99. The lowest BCUT2D eigenvalue weighted by molar-refractivity contribution is 0.440. The molecule has 0 aliphatic heterocycles. The highest BCUT2D eigenvalue weighted by atomic mass is 35.5. The van der Waals surface area contributed by atoms with Crippen molar-refractivity contribution in [1.82, 2.24) is 0 Å². The van der Waals surface area contributed by atoms with Crippen LogP contribution in [0.15, 0.2) is 30.3 Å². The highest BCUT2D eigenvalue weighted by Crippen LogP contribution is 2.34. The van der Waals surface area contributed by atoms with Gasteiger partial charge in [0.2, 0.25) is 0 Å². The molecule has 114 valence electrons. The molecular weight excluding hydrogens is 292 g/mol. The van der Waals surface area contributed by atoms with Crippen LogP contribution in [0.25, 0.3) is 0 Å². The van der Waals surface area contributed by atoms with Crippen LogP contribution >= 0.6 is 11.6 Å². The maximum Gasteiger partial charge on any atom is 0.155 e. The molecule has 4 heteroatoms. The molecule has 1 unspecified atom stereocenters. The van der Waals surface area contributed by atoms with Crippen molar-refractivity contribution in [2.75, 3.05) is 11.6 Å². The Hall–Kier alpha value is -0.540.